The van der Waals surface area contributed by atoms with Gasteiger partial charge in [-0.05, 0) is 69.3 Å². The fourth-order valence-electron chi connectivity index (χ4n) is 7.14. The molecular formula is C33H37N3O7. The highest BCUT2D eigenvalue weighted by atomic mass is 16.5. The topological polar surface area (TPSA) is 109 Å². The molecule has 0 saturated carbocycles. The molecular weight excluding hydrogens is 550 g/mol. The van der Waals surface area contributed by atoms with Gasteiger partial charge in [0, 0.05) is 24.5 Å². The van der Waals surface area contributed by atoms with Crippen LogP contribution in [0.5, 0.6) is 11.5 Å². The highest BCUT2D eigenvalue weighted by Crippen LogP contribution is 2.58. The zero-order valence-corrected chi connectivity index (χ0v) is 24.8. The van der Waals surface area contributed by atoms with E-state index in [0.717, 1.165) is 0 Å². The van der Waals surface area contributed by atoms with Gasteiger partial charge >= 0.3 is 0 Å². The van der Waals surface area contributed by atoms with Crippen molar-refractivity contribution in [3.05, 3.63) is 72.8 Å². The van der Waals surface area contributed by atoms with Gasteiger partial charge in [0.15, 0.2) is 0 Å². The number of anilines is 2. The van der Waals surface area contributed by atoms with Crippen molar-refractivity contribution in [3.63, 3.8) is 0 Å². The summed E-state index contributed by atoms with van der Waals surface area (Å²) in [6.07, 6.45) is 7.37. The standard InChI is InChI=1S/C33H37N3O7/c1-5-42-25-14-10-22(11-15-25)34-18-6-16-32(3)26(29(34)38)27-30(39)36(21(2)20-37)28-31(40)35(19-7-17-33(27,28)43-32)23-8-12-24(41-4)13-9-23/h6-17,21,26-28,37H,5,18-20H2,1-4H3/t21-,26+,27+,28?,32-,33+/m1/s1. The molecule has 226 valence electrons. The molecule has 2 aromatic rings. The van der Waals surface area contributed by atoms with E-state index in [2.05, 4.69) is 0 Å². The number of likely N-dealkylation sites (tertiary alicyclic amines) is 1. The molecule has 10 heteroatoms. The van der Waals surface area contributed by atoms with Crippen LogP contribution in [0.15, 0.2) is 72.8 Å². The molecule has 10 nitrogen and oxygen atoms in total. The molecule has 1 N–H and O–H groups in total. The van der Waals surface area contributed by atoms with E-state index in [-0.39, 0.29) is 30.9 Å². The molecule has 4 aliphatic rings. The third kappa shape index (κ3) is 4.42. The molecule has 0 aromatic heterocycles. The number of rotatable bonds is 7. The summed E-state index contributed by atoms with van der Waals surface area (Å²) in [6, 6.07) is 12.6. The van der Waals surface area contributed by atoms with Gasteiger partial charge in [0.05, 0.1) is 43.8 Å². The fourth-order valence-corrected chi connectivity index (χ4v) is 7.14. The van der Waals surface area contributed by atoms with E-state index in [9.17, 15) is 19.5 Å². The van der Waals surface area contributed by atoms with Crippen molar-refractivity contribution in [2.24, 2.45) is 11.8 Å². The third-order valence-electron chi connectivity index (χ3n) is 9.08. The van der Waals surface area contributed by atoms with Crippen LogP contribution < -0.4 is 19.3 Å². The molecule has 1 unspecified atom stereocenters. The van der Waals surface area contributed by atoms with Crippen LogP contribution in [0.4, 0.5) is 11.4 Å². The fraction of sp³-hybridized carbons (Fsp3) is 0.424. The van der Waals surface area contributed by atoms with Crippen molar-refractivity contribution in [3.8, 4) is 11.5 Å². The summed E-state index contributed by atoms with van der Waals surface area (Å²) in [7, 11) is 1.57. The summed E-state index contributed by atoms with van der Waals surface area (Å²) in [5.41, 5.74) is -1.26. The Kier molecular flexibility index (Phi) is 7.30. The lowest BCUT2D eigenvalue weighted by atomic mass is 9.74. The number of methoxy groups -OCH3 is 1. The molecule has 1 spiro atoms. The minimum Gasteiger partial charge on any atom is -0.497 e. The molecule has 3 amide bonds. The van der Waals surface area contributed by atoms with E-state index in [1.807, 2.05) is 56.3 Å². The predicted molar refractivity (Wildman–Crippen MR) is 160 cm³/mol. The van der Waals surface area contributed by atoms with Crippen LogP contribution in [0, 0.1) is 11.8 Å². The molecule has 0 radical (unpaired) electrons. The summed E-state index contributed by atoms with van der Waals surface area (Å²) in [4.78, 5) is 48.1. The molecule has 2 saturated heterocycles. The van der Waals surface area contributed by atoms with Crippen LogP contribution in [0.25, 0.3) is 0 Å². The van der Waals surface area contributed by atoms with Crippen molar-refractivity contribution in [1.29, 1.82) is 0 Å². The van der Waals surface area contributed by atoms with E-state index in [4.69, 9.17) is 14.2 Å². The van der Waals surface area contributed by atoms with Gasteiger partial charge in [-0.3, -0.25) is 14.4 Å². The smallest absolute Gasteiger partial charge is 0.253 e. The van der Waals surface area contributed by atoms with Gasteiger partial charge in [-0.1, -0.05) is 24.3 Å². The van der Waals surface area contributed by atoms with Crippen molar-refractivity contribution in [2.45, 2.75) is 44.1 Å². The second-order valence-electron chi connectivity index (χ2n) is 11.6. The normalized spacial score (nSPS) is 30.5. The molecule has 6 atom stereocenters. The summed E-state index contributed by atoms with van der Waals surface area (Å²) < 4.78 is 17.7. The van der Waals surface area contributed by atoms with Crippen LogP contribution in [0.3, 0.4) is 0 Å². The Balaban J connectivity index is 1.43. The first-order valence-electron chi connectivity index (χ1n) is 14.7. The van der Waals surface area contributed by atoms with Gasteiger partial charge in [0.25, 0.3) is 5.91 Å². The van der Waals surface area contributed by atoms with Crippen molar-refractivity contribution < 1.29 is 33.7 Å². The average Bonchev–Trinajstić information content (AvgIpc) is 3.29. The number of nitrogens with zero attached hydrogens (tertiary/aromatic N) is 3. The molecule has 43 heavy (non-hydrogen) atoms. The zero-order valence-electron chi connectivity index (χ0n) is 24.8. The Morgan fingerprint density at radius 3 is 2.05 bits per heavy atom. The number of carbonyl (C=O) groups excluding carboxylic acids is 3. The van der Waals surface area contributed by atoms with E-state index in [0.29, 0.717) is 36.0 Å². The molecule has 0 bridgehead atoms. The molecule has 4 heterocycles. The van der Waals surface area contributed by atoms with Gasteiger partial charge in [-0.25, -0.2) is 0 Å². The molecule has 4 aliphatic heterocycles. The number of hydrogen-bond donors (Lipinski definition) is 1. The van der Waals surface area contributed by atoms with Crippen LogP contribution in [-0.4, -0.2) is 84.4 Å². The molecule has 2 aromatic carbocycles. The Hall–Kier alpha value is -4.15. The zero-order chi connectivity index (χ0) is 30.5. The molecule has 6 rings (SSSR count). The van der Waals surface area contributed by atoms with Crippen LogP contribution in [0.2, 0.25) is 0 Å². The number of ether oxygens (including phenoxy) is 3. The van der Waals surface area contributed by atoms with Crippen molar-refractivity contribution in [1.82, 2.24) is 4.90 Å². The maximum Gasteiger partial charge on any atom is 0.253 e. The van der Waals surface area contributed by atoms with E-state index < -0.39 is 35.1 Å². The highest BCUT2D eigenvalue weighted by Gasteiger charge is 2.75. The predicted octanol–water partition coefficient (Wildman–Crippen LogP) is 2.95. The number of fused-ring (bicyclic) bond motifs is 2. The van der Waals surface area contributed by atoms with E-state index in [1.165, 1.54) is 4.90 Å². The number of carbonyl (C=O) groups is 3. The lowest BCUT2D eigenvalue weighted by Crippen LogP contribution is -2.58. The SMILES string of the molecule is CCOc1ccc(N2CC=C[C@@]3(C)O[C@]45C=CCN(c6ccc(OC)cc6)C(=O)C4N([C@H](C)CO)C(=O)[C@@H]5[C@H]3C2=O)cc1. The largest absolute Gasteiger partial charge is 0.497 e. The number of amides is 3. The maximum absolute atomic E-state index is 14.5. The second kappa shape index (κ2) is 10.8. The first-order valence-corrected chi connectivity index (χ1v) is 14.7. The van der Waals surface area contributed by atoms with Gasteiger partial charge in [0.2, 0.25) is 11.8 Å². The van der Waals surface area contributed by atoms with Gasteiger partial charge < -0.3 is 34.0 Å². The van der Waals surface area contributed by atoms with Crippen molar-refractivity contribution in [2.75, 3.05) is 43.2 Å². The number of benzene rings is 2. The Morgan fingerprint density at radius 2 is 1.47 bits per heavy atom. The summed E-state index contributed by atoms with van der Waals surface area (Å²) in [5, 5.41) is 10.2. The lowest BCUT2D eigenvalue weighted by Gasteiger charge is -2.39. The quantitative estimate of drug-likeness (QED) is 0.497. The first-order chi connectivity index (χ1) is 20.7. The van der Waals surface area contributed by atoms with Gasteiger partial charge in [-0.2, -0.15) is 0 Å². The third-order valence-corrected chi connectivity index (χ3v) is 9.08. The summed E-state index contributed by atoms with van der Waals surface area (Å²) in [5.74, 6) is -1.53. The monoisotopic (exact) mass is 587 g/mol. The minimum absolute atomic E-state index is 0.249. The number of hydrogen-bond acceptors (Lipinski definition) is 7. The van der Waals surface area contributed by atoms with Gasteiger partial charge in [-0.15, -0.1) is 0 Å². The van der Waals surface area contributed by atoms with E-state index in [1.54, 1.807) is 54.2 Å². The Morgan fingerprint density at radius 1 is 0.884 bits per heavy atom. The molecule has 0 aliphatic carbocycles. The van der Waals surface area contributed by atoms with Gasteiger partial charge in [0.1, 0.15) is 23.1 Å². The minimum atomic E-state index is -1.42. The molecule has 2 fully saturated rings. The summed E-state index contributed by atoms with van der Waals surface area (Å²) >= 11 is 0. The average molecular weight is 588 g/mol. The van der Waals surface area contributed by atoms with Crippen LogP contribution >= 0.6 is 0 Å². The van der Waals surface area contributed by atoms with E-state index >= 15 is 0 Å². The summed E-state index contributed by atoms with van der Waals surface area (Å²) in [6.45, 7) is 6.15. The highest BCUT2D eigenvalue weighted by molar-refractivity contribution is 6.07. The maximum atomic E-state index is 14.5. The lowest BCUT2D eigenvalue weighted by molar-refractivity contribution is -0.147. The number of aliphatic hydroxyl groups excluding tert-OH is 1. The first kappa shape index (κ1) is 28.9. The second-order valence-corrected chi connectivity index (χ2v) is 11.6. The number of aliphatic hydroxyl groups is 1. The van der Waals surface area contributed by atoms with Crippen molar-refractivity contribution >= 4 is 29.1 Å². The van der Waals surface area contributed by atoms with Crippen LogP contribution in [0.1, 0.15) is 20.8 Å². The Labute approximate surface area is 251 Å². The Bertz CT molecular complexity index is 1470. The van der Waals surface area contributed by atoms with Crippen LogP contribution in [-0.2, 0) is 19.1 Å².